The van der Waals surface area contributed by atoms with E-state index in [2.05, 4.69) is 10.6 Å². The second kappa shape index (κ2) is 15.0. The lowest BCUT2D eigenvalue weighted by Crippen LogP contribution is -2.39. The van der Waals surface area contributed by atoms with Gasteiger partial charge in [-0.2, -0.15) is 0 Å². The highest BCUT2D eigenvalue weighted by molar-refractivity contribution is 8.00. The fourth-order valence-corrected chi connectivity index (χ4v) is 7.44. The maximum absolute atomic E-state index is 14.1. The van der Waals surface area contributed by atoms with Crippen LogP contribution in [0, 0.1) is 0 Å². The van der Waals surface area contributed by atoms with Gasteiger partial charge in [-0.25, -0.2) is 9.59 Å². The molecule has 0 aliphatic carbocycles. The standard InChI is InChI=1S/C36H37N3O7S2/c1-36(2,3)46-35(43)39-19-18-27-28(21-39)48-33(29(27)34(42)45-5)38-32(41)30(22-10-7-6-8-11-22)47-26-13-9-12-24(20-26)37-31(40)23-14-16-25(44-4)17-15-23/h6-17,20,30H,18-19,21H2,1-5H3,(H,37,40)(H,38,41). The predicted molar refractivity (Wildman–Crippen MR) is 187 cm³/mol. The molecule has 48 heavy (non-hydrogen) atoms. The van der Waals surface area contributed by atoms with Gasteiger partial charge in [-0.05, 0) is 80.8 Å². The first kappa shape index (κ1) is 34.5. The summed E-state index contributed by atoms with van der Waals surface area (Å²) in [5.41, 5.74) is 2.21. The molecule has 1 aromatic heterocycles. The fourth-order valence-electron chi connectivity index (χ4n) is 5.10. The average Bonchev–Trinajstić information content (AvgIpc) is 3.43. The maximum atomic E-state index is 14.1. The molecule has 0 saturated carbocycles. The van der Waals surface area contributed by atoms with Gasteiger partial charge in [0.15, 0.2) is 0 Å². The molecular formula is C36H37N3O7S2. The Balaban J connectivity index is 1.38. The molecule has 4 aromatic rings. The number of thiophene rings is 1. The molecule has 3 amide bonds. The predicted octanol–water partition coefficient (Wildman–Crippen LogP) is 7.56. The molecule has 12 heteroatoms. The zero-order chi connectivity index (χ0) is 34.4. The average molecular weight is 688 g/mol. The van der Waals surface area contributed by atoms with Gasteiger partial charge in [0.1, 0.15) is 21.6 Å². The Morgan fingerprint density at radius 1 is 0.917 bits per heavy atom. The minimum Gasteiger partial charge on any atom is -0.497 e. The van der Waals surface area contributed by atoms with Gasteiger partial charge in [0.25, 0.3) is 5.91 Å². The van der Waals surface area contributed by atoms with Gasteiger partial charge in [-0.3, -0.25) is 9.59 Å². The monoisotopic (exact) mass is 687 g/mol. The Hall–Kier alpha value is -4.81. The molecule has 1 aliphatic heterocycles. The summed E-state index contributed by atoms with van der Waals surface area (Å²) in [5.74, 6) is -0.525. The van der Waals surface area contributed by atoms with E-state index in [9.17, 15) is 19.2 Å². The molecule has 0 bridgehead atoms. The van der Waals surface area contributed by atoms with E-state index in [4.69, 9.17) is 14.2 Å². The molecule has 0 fully saturated rings. The number of nitrogens with zero attached hydrogens (tertiary/aromatic N) is 1. The van der Waals surface area contributed by atoms with Crippen LogP contribution in [-0.2, 0) is 27.2 Å². The summed E-state index contributed by atoms with van der Waals surface area (Å²) in [6.45, 7) is 6.05. The first-order valence-electron chi connectivity index (χ1n) is 15.2. The van der Waals surface area contributed by atoms with Crippen molar-refractivity contribution < 1.29 is 33.4 Å². The number of hydrogen-bond acceptors (Lipinski definition) is 9. The zero-order valence-electron chi connectivity index (χ0n) is 27.3. The molecule has 3 aromatic carbocycles. The number of anilines is 2. The third-order valence-corrected chi connectivity index (χ3v) is 9.75. The molecule has 1 unspecified atom stereocenters. The van der Waals surface area contributed by atoms with Crippen LogP contribution in [0.25, 0.3) is 0 Å². The topological polar surface area (TPSA) is 123 Å². The van der Waals surface area contributed by atoms with Crippen molar-refractivity contribution in [1.29, 1.82) is 0 Å². The van der Waals surface area contributed by atoms with Crippen LogP contribution in [0.4, 0.5) is 15.5 Å². The van der Waals surface area contributed by atoms with Gasteiger partial charge in [0, 0.05) is 27.6 Å². The van der Waals surface area contributed by atoms with E-state index in [1.165, 1.54) is 30.2 Å². The van der Waals surface area contributed by atoms with Crippen molar-refractivity contribution in [2.45, 2.75) is 49.5 Å². The van der Waals surface area contributed by atoms with Crippen LogP contribution in [0.3, 0.4) is 0 Å². The van der Waals surface area contributed by atoms with E-state index in [0.29, 0.717) is 40.5 Å². The van der Waals surface area contributed by atoms with Gasteiger partial charge >= 0.3 is 12.1 Å². The van der Waals surface area contributed by atoms with Crippen LogP contribution in [-0.4, -0.2) is 55.1 Å². The largest absolute Gasteiger partial charge is 0.497 e. The van der Waals surface area contributed by atoms with Gasteiger partial charge in [0.2, 0.25) is 5.91 Å². The van der Waals surface area contributed by atoms with Gasteiger partial charge in [-0.15, -0.1) is 23.1 Å². The quantitative estimate of drug-likeness (QED) is 0.137. The highest BCUT2D eigenvalue weighted by Gasteiger charge is 2.33. The van der Waals surface area contributed by atoms with Crippen molar-refractivity contribution in [2.24, 2.45) is 0 Å². The number of benzene rings is 3. The van der Waals surface area contributed by atoms with Crippen molar-refractivity contribution >= 4 is 57.7 Å². The second-order valence-corrected chi connectivity index (χ2v) is 14.2. The minimum absolute atomic E-state index is 0.251. The second-order valence-electron chi connectivity index (χ2n) is 12.0. The van der Waals surface area contributed by atoms with Gasteiger partial charge in [-0.1, -0.05) is 36.4 Å². The minimum atomic E-state index is -0.707. The Bertz CT molecular complexity index is 1800. The van der Waals surface area contributed by atoms with Crippen molar-refractivity contribution in [1.82, 2.24) is 4.90 Å². The fraction of sp³-hybridized carbons (Fsp3) is 0.278. The summed E-state index contributed by atoms with van der Waals surface area (Å²) in [6.07, 6.45) is -0.0215. The van der Waals surface area contributed by atoms with Crippen LogP contribution in [0.15, 0.2) is 83.8 Å². The van der Waals surface area contributed by atoms with Crippen LogP contribution < -0.4 is 15.4 Å². The molecule has 10 nitrogen and oxygen atoms in total. The number of rotatable bonds is 9. The number of fused-ring (bicyclic) bond motifs is 1. The Labute approximate surface area is 287 Å². The molecule has 0 radical (unpaired) electrons. The number of ether oxygens (including phenoxy) is 3. The summed E-state index contributed by atoms with van der Waals surface area (Å²) in [6, 6.07) is 23.4. The normalized spacial score (nSPS) is 13.1. The van der Waals surface area contributed by atoms with Crippen LogP contribution in [0.1, 0.15) is 62.7 Å². The zero-order valence-corrected chi connectivity index (χ0v) is 29.0. The summed E-state index contributed by atoms with van der Waals surface area (Å²) in [7, 11) is 2.87. The van der Waals surface area contributed by atoms with Gasteiger partial charge in [0.05, 0.1) is 26.3 Å². The van der Waals surface area contributed by atoms with E-state index in [1.54, 1.807) is 42.3 Å². The van der Waals surface area contributed by atoms with Crippen molar-refractivity contribution in [3.05, 3.63) is 106 Å². The molecule has 2 heterocycles. The van der Waals surface area contributed by atoms with Crippen molar-refractivity contribution in [2.75, 3.05) is 31.4 Å². The third-order valence-electron chi connectivity index (χ3n) is 7.37. The molecule has 250 valence electrons. The first-order valence-corrected chi connectivity index (χ1v) is 16.9. The summed E-state index contributed by atoms with van der Waals surface area (Å²) >= 11 is 2.57. The molecule has 0 saturated heterocycles. The number of thioether (sulfide) groups is 1. The Kier molecular flexibility index (Phi) is 10.8. The van der Waals surface area contributed by atoms with E-state index in [-0.39, 0.29) is 18.4 Å². The van der Waals surface area contributed by atoms with E-state index >= 15 is 0 Å². The number of carbonyl (C=O) groups excluding carboxylic acids is 4. The Morgan fingerprint density at radius 2 is 1.65 bits per heavy atom. The Morgan fingerprint density at radius 3 is 2.31 bits per heavy atom. The van der Waals surface area contributed by atoms with Crippen molar-refractivity contribution in [3.63, 3.8) is 0 Å². The van der Waals surface area contributed by atoms with Crippen molar-refractivity contribution in [3.8, 4) is 5.75 Å². The number of carbonyl (C=O) groups is 4. The molecule has 2 N–H and O–H groups in total. The van der Waals surface area contributed by atoms with Gasteiger partial charge < -0.3 is 29.7 Å². The maximum Gasteiger partial charge on any atom is 0.410 e. The number of esters is 1. The van der Waals surface area contributed by atoms with E-state index in [0.717, 1.165) is 20.9 Å². The highest BCUT2D eigenvalue weighted by Crippen LogP contribution is 2.41. The lowest BCUT2D eigenvalue weighted by Gasteiger charge is -2.30. The first-order chi connectivity index (χ1) is 23.0. The lowest BCUT2D eigenvalue weighted by atomic mass is 10.0. The van der Waals surface area contributed by atoms with Crippen LogP contribution in [0.2, 0.25) is 0 Å². The molecular weight excluding hydrogens is 651 g/mol. The number of nitrogens with one attached hydrogen (secondary N) is 2. The summed E-state index contributed by atoms with van der Waals surface area (Å²) in [5, 5.41) is 5.58. The molecule has 1 aliphatic rings. The van der Waals surface area contributed by atoms with E-state index < -0.39 is 22.9 Å². The smallest absolute Gasteiger partial charge is 0.410 e. The molecule has 1 atom stereocenters. The highest BCUT2D eigenvalue weighted by atomic mass is 32.2. The van der Waals surface area contributed by atoms with Crippen LogP contribution in [0.5, 0.6) is 5.75 Å². The summed E-state index contributed by atoms with van der Waals surface area (Å²) < 4.78 is 15.9. The lowest BCUT2D eigenvalue weighted by molar-refractivity contribution is -0.115. The number of methoxy groups -OCH3 is 2. The SMILES string of the molecule is COC(=O)c1c(NC(=O)C(Sc2cccc(NC(=O)c3ccc(OC)cc3)c2)c2ccccc2)sc2c1CCN(C(=O)OC(C)(C)C)C2. The molecule has 5 rings (SSSR count). The third kappa shape index (κ3) is 8.36. The number of hydrogen-bond donors (Lipinski definition) is 2. The number of amides is 3. The van der Waals surface area contributed by atoms with Crippen LogP contribution >= 0.6 is 23.1 Å². The summed E-state index contributed by atoms with van der Waals surface area (Å²) in [4.78, 5) is 55.9. The van der Waals surface area contributed by atoms with E-state index in [1.807, 2.05) is 69.3 Å². The molecule has 0 spiro atoms.